The van der Waals surface area contributed by atoms with Crippen LogP contribution in [0.4, 0.5) is 4.39 Å². The molecule has 1 saturated carbocycles. The zero-order valence-electron chi connectivity index (χ0n) is 18.2. The van der Waals surface area contributed by atoms with Gasteiger partial charge in [-0.25, -0.2) is 14.8 Å². The minimum atomic E-state index is -0.994. The van der Waals surface area contributed by atoms with Gasteiger partial charge in [-0.05, 0) is 54.0 Å². The van der Waals surface area contributed by atoms with Gasteiger partial charge in [0.05, 0.1) is 24.0 Å². The molecule has 0 radical (unpaired) electrons. The van der Waals surface area contributed by atoms with Crippen molar-refractivity contribution >= 4 is 5.57 Å². The number of hydrazine groups is 1. The first-order valence-electron chi connectivity index (χ1n) is 11.5. The Balaban J connectivity index is 1.34. The van der Waals surface area contributed by atoms with E-state index in [1.165, 1.54) is 5.57 Å². The molecule has 2 fully saturated rings. The van der Waals surface area contributed by atoms with Gasteiger partial charge >= 0.3 is 0 Å². The minimum Gasteiger partial charge on any atom is -0.508 e. The molecule has 7 heteroatoms. The highest BCUT2D eigenvalue weighted by Crippen LogP contribution is 2.45. The first-order valence-corrected chi connectivity index (χ1v) is 11.5. The Morgan fingerprint density at radius 2 is 2.10 bits per heavy atom. The van der Waals surface area contributed by atoms with Gasteiger partial charge in [0.2, 0.25) is 0 Å². The van der Waals surface area contributed by atoms with Gasteiger partial charge in [0, 0.05) is 24.9 Å². The normalized spacial score (nSPS) is 33.2. The van der Waals surface area contributed by atoms with Gasteiger partial charge in [-0.15, -0.1) is 0 Å². The van der Waals surface area contributed by atoms with Gasteiger partial charge in [0.1, 0.15) is 17.7 Å². The van der Waals surface area contributed by atoms with Crippen LogP contribution in [0.2, 0.25) is 0 Å². The molecule has 6 unspecified atom stereocenters. The molecule has 2 aliphatic heterocycles. The molecule has 5 rings (SSSR count). The van der Waals surface area contributed by atoms with Crippen LogP contribution in [0, 0.1) is 11.8 Å². The van der Waals surface area contributed by atoms with Crippen LogP contribution in [0.1, 0.15) is 61.3 Å². The van der Waals surface area contributed by atoms with Gasteiger partial charge in [-0.2, -0.15) is 0 Å². The number of rotatable bonds is 4. The number of nitrogens with one attached hydrogen (secondary N) is 4. The molecule has 2 aromatic rings. The number of phenolic OH excluding ortho intramolecular Hbond substituents is 1. The van der Waals surface area contributed by atoms with Crippen molar-refractivity contribution in [3.05, 3.63) is 53.1 Å². The largest absolute Gasteiger partial charge is 0.508 e. The maximum absolute atomic E-state index is 15.7. The lowest BCUT2D eigenvalue weighted by Gasteiger charge is -2.36. The highest BCUT2D eigenvalue weighted by atomic mass is 19.1. The van der Waals surface area contributed by atoms with E-state index in [1.54, 1.807) is 12.1 Å². The van der Waals surface area contributed by atoms with E-state index in [2.05, 4.69) is 46.1 Å². The number of H-pyrrole nitrogens is 1. The van der Waals surface area contributed by atoms with E-state index in [4.69, 9.17) is 0 Å². The number of halogens is 1. The van der Waals surface area contributed by atoms with E-state index in [0.717, 1.165) is 55.0 Å². The summed E-state index contributed by atoms with van der Waals surface area (Å²) in [5, 5.41) is 13.3. The lowest BCUT2D eigenvalue weighted by Crippen LogP contribution is -2.45. The monoisotopic (exact) mass is 425 g/mol. The van der Waals surface area contributed by atoms with Crippen LogP contribution < -0.4 is 16.2 Å². The number of aromatic nitrogens is 2. The van der Waals surface area contributed by atoms with E-state index in [0.29, 0.717) is 5.92 Å². The van der Waals surface area contributed by atoms with E-state index in [-0.39, 0.29) is 29.7 Å². The first kappa shape index (κ1) is 20.7. The van der Waals surface area contributed by atoms with Crippen molar-refractivity contribution in [3.8, 4) is 5.75 Å². The number of fused-ring (bicyclic) bond motifs is 1. The predicted molar refractivity (Wildman–Crippen MR) is 119 cm³/mol. The quantitative estimate of drug-likeness (QED) is 0.519. The zero-order valence-corrected chi connectivity index (χ0v) is 18.2. The number of aromatic amines is 1. The molecule has 5 N–H and O–H groups in total. The maximum Gasteiger partial charge on any atom is 0.125 e. The third kappa shape index (κ3) is 3.79. The Bertz CT molecular complexity index is 973. The lowest BCUT2D eigenvalue weighted by molar-refractivity contribution is 0.135. The van der Waals surface area contributed by atoms with Crippen molar-refractivity contribution in [3.63, 3.8) is 0 Å². The van der Waals surface area contributed by atoms with E-state index in [9.17, 15) is 5.11 Å². The lowest BCUT2D eigenvalue weighted by atomic mass is 9.71. The molecule has 6 nitrogen and oxygen atoms in total. The molecule has 166 valence electrons. The smallest absolute Gasteiger partial charge is 0.125 e. The number of phenols is 1. The molecule has 1 saturated heterocycles. The number of hydrogen-bond acceptors (Lipinski definition) is 5. The summed E-state index contributed by atoms with van der Waals surface area (Å²) in [7, 11) is 0. The van der Waals surface area contributed by atoms with Crippen LogP contribution in [0.25, 0.3) is 5.57 Å². The molecular formula is C24H32FN5O. The summed E-state index contributed by atoms with van der Waals surface area (Å²) in [6.45, 7) is 6.10. The number of alkyl halides is 1. The molecular weight excluding hydrogens is 393 g/mol. The molecule has 31 heavy (non-hydrogen) atoms. The SMILES string of the molecule is CCc1cc(O)ccc1C1CCC2C(c3ncc(C4=CC(C)CNC4)[nH]3)NNC2C1F. The summed E-state index contributed by atoms with van der Waals surface area (Å²) < 4.78 is 15.7. The topological polar surface area (TPSA) is 85.0 Å². The molecule has 1 aromatic heterocycles. The molecule has 0 amide bonds. The Labute approximate surface area is 182 Å². The fourth-order valence-electron chi connectivity index (χ4n) is 5.65. The summed E-state index contributed by atoms with van der Waals surface area (Å²) in [4.78, 5) is 8.14. The molecule has 3 aliphatic rings. The molecule has 0 bridgehead atoms. The first-order chi connectivity index (χ1) is 15.0. The Kier molecular flexibility index (Phi) is 5.58. The standard InChI is InChI=1S/C24H32FN5O/c1-3-14-9-16(31)4-5-17(14)18-6-7-19-22(21(18)25)29-30-23(19)24-27-12-20(28-24)15-8-13(2)10-26-11-15/h4-5,8-9,12-13,18-19,21-23,26,29-31H,3,6-7,10-11H2,1-2H3,(H,27,28). The fraction of sp³-hybridized carbons (Fsp3) is 0.542. The van der Waals surface area contributed by atoms with Crippen molar-refractivity contribution in [2.75, 3.05) is 13.1 Å². The van der Waals surface area contributed by atoms with Gasteiger partial charge in [-0.1, -0.05) is 26.0 Å². The Hall–Kier alpha value is -2.22. The summed E-state index contributed by atoms with van der Waals surface area (Å²) in [6, 6.07) is 5.06. The van der Waals surface area contributed by atoms with Crippen LogP contribution in [0.5, 0.6) is 5.75 Å². The number of aryl methyl sites for hydroxylation is 1. The van der Waals surface area contributed by atoms with Gasteiger partial charge < -0.3 is 15.4 Å². The number of imidazole rings is 1. The van der Waals surface area contributed by atoms with Gasteiger partial charge in [0.25, 0.3) is 0 Å². The maximum atomic E-state index is 15.7. The van der Waals surface area contributed by atoms with Crippen molar-refractivity contribution in [1.82, 2.24) is 26.1 Å². The van der Waals surface area contributed by atoms with Crippen LogP contribution >= 0.6 is 0 Å². The summed E-state index contributed by atoms with van der Waals surface area (Å²) in [5.74, 6) is 1.61. The van der Waals surface area contributed by atoms with Gasteiger partial charge in [0.15, 0.2) is 0 Å². The Morgan fingerprint density at radius 3 is 2.90 bits per heavy atom. The van der Waals surface area contributed by atoms with Crippen molar-refractivity contribution in [1.29, 1.82) is 0 Å². The van der Waals surface area contributed by atoms with Crippen LogP contribution in [-0.2, 0) is 6.42 Å². The van der Waals surface area contributed by atoms with Crippen LogP contribution in [0.15, 0.2) is 30.5 Å². The summed E-state index contributed by atoms with van der Waals surface area (Å²) >= 11 is 0. The second kappa shape index (κ2) is 8.37. The molecule has 1 aliphatic carbocycles. The second-order valence-corrected chi connectivity index (χ2v) is 9.30. The van der Waals surface area contributed by atoms with Crippen LogP contribution in [-0.4, -0.2) is 40.4 Å². The summed E-state index contributed by atoms with van der Waals surface area (Å²) in [5.41, 5.74) is 10.9. The zero-order chi connectivity index (χ0) is 21.5. The number of nitrogens with zero attached hydrogens (tertiary/aromatic N) is 1. The minimum absolute atomic E-state index is 0.0296. The average Bonchev–Trinajstić information content (AvgIpc) is 3.42. The molecule has 0 spiro atoms. The van der Waals surface area contributed by atoms with Crippen molar-refractivity contribution < 1.29 is 9.50 Å². The Morgan fingerprint density at radius 1 is 1.23 bits per heavy atom. The molecule has 3 heterocycles. The van der Waals surface area contributed by atoms with Gasteiger partial charge in [-0.3, -0.25) is 5.43 Å². The third-order valence-corrected chi connectivity index (χ3v) is 7.24. The number of aromatic hydroxyl groups is 1. The fourth-order valence-corrected chi connectivity index (χ4v) is 5.65. The number of benzene rings is 1. The van der Waals surface area contributed by atoms with E-state index in [1.807, 2.05) is 12.3 Å². The van der Waals surface area contributed by atoms with Crippen molar-refractivity contribution in [2.24, 2.45) is 11.8 Å². The summed E-state index contributed by atoms with van der Waals surface area (Å²) in [6.07, 6.45) is 5.70. The highest BCUT2D eigenvalue weighted by Gasteiger charge is 2.48. The number of hydrogen-bond donors (Lipinski definition) is 5. The van der Waals surface area contributed by atoms with Crippen LogP contribution in [0.3, 0.4) is 0 Å². The predicted octanol–water partition coefficient (Wildman–Crippen LogP) is 3.35. The van der Waals surface area contributed by atoms with Crippen molar-refractivity contribution in [2.45, 2.75) is 57.3 Å². The van der Waals surface area contributed by atoms with E-state index >= 15 is 4.39 Å². The average molecular weight is 426 g/mol. The highest BCUT2D eigenvalue weighted by molar-refractivity contribution is 5.64. The third-order valence-electron chi connectivity index (χ3n) is 7.24. The molecule has 6 atom stereocenters. The van der Waals surface area contributed by atoms with E-state index < -0.39 is 6.17 Å². The second-order valence-electron chi connectivity index (χ2n) is 9.30. The molecule has 1 aromatic carbocycles.